The Kier molecular flexibility index (Phi) is 4.55. The number of nitrogens with two attached hydrogens (primary N) is 1. The topological polar surface area (TPSA) is 75.4 Å². The van der Waals surface area contributed by atoms with E-state index in [-0.39, 0.29) is 16.0 Å². The zero-order chi connectivity index (χ0) is 15.7. The van der Waals surface area contributed by atoms with E-state index in [0.29, 0.717) is 6.54 Å². The maximum Gasteiger partial charge on any atom is 0.240 e. The highest BCUT2D eigenvalue weighted by Gasteiger charge is 2.30. The quantitative estimate of drug-likeness (QED) is 0.824. The number of nitrogens with zero attached hydrogens (tertiary/aromatic N) is 1. The van der Waals surface area contributed by atoms with Crippen LogP contribution < -0.4 is 10.5 Å². The van der Waals surface area contributed by atoms with Crippen LogP contribution in [0.5, 0.6) is 0 Å². The number of anilines is 1. The average molecular weight is 315 g/mol. The number of likely N-dealkylation sites (tertiary alicyclic amines) is 1. The van der Waals surface area contributed by atoms with E-state index in [0.717, 1.165) is 32.0 Å². The lowest BCUT2D eigenvalue weighted by Crippen LogP contribution is -2.43. The second kappa shape index (κ2) is 5.90. The van der Waals surface area contributed by atoms with Gasteiger partial charge in [-0.25, -0.2) is 17.5 Å². The van der Waals surface area contributed by atoms with Gasteiger partial charge in [-0.05, 0) is 56.6 Å². The van der Waals surface area contributed by atoms with E-state index in [4.69, 9.17) is 5.73 Å². The first-order valence-corrected chi connectivity index (χ1v) is 8.43. The SMILES string of the molecule is CN1CCC(C)(CNS(=O)(=O)c2ccc(N)c(F)c2)CC1. The minimum absolute atomic E-state index is 0.0590. The average Bonchev–Trinajstić information content (AvgIpc) is 2.43. The van der Waals surface area contributed by atoms with Crippen LogP contribution in [0.2, 0.25) is 0 Å². The van der Waals surface area contributed by atoms with Gasteiger partial charge in [-0.3, -0.25) is 0 Å². The Labute approximate surface area is 125 Å². The van der Waals surface area contributed by atoms with Crippen molar-refractivity contribution in [3.05, 3.63) is 24.0 Å². The summed E-state index contributed by atoms with van der Waals surface area (Å²) in [5.74, 6) is -0.719. The predicted octanol–water partition coefficient (Wildman–Crippen LogP) is 1.42. The normalized spacial score (nSPS) is 19.6. The van der Waals surface area contributed by atoms with Gasteiger partial charge in [-0.2, -0.15) is 0 Å². The van der Waals surface area contributed by atoms with Crippen LogP contribution in [0.4, 0.5) is 10.1 Å². The molecule has 0 aromatic heterocycles. The summed E-state index contributed by atoms with van der Waals surface area (Å²) in [6.45, 7) is 4.34. The van der Waals surface area contributed by atoms with Gasteiger partial charge in [0.25, 0.3) is 0 Å². The largest absolute Gasteiger partial charge is 0.396 e. The summed E-state index contributed by atoms with van der Waals surface area (Å²) in [7, 11) is -1.65. The Morgan fingerprint density at radius 1 is 1.38 bits per heavy atom. The fourth-order valence-corrected chi connectivity index (χ4v) is 3.57. The van der Waals surface area contributed by atoms with Gasteiger partial charge in [-0.15, -0.1) is 0 Å². The Hall–Kier alpha value is -1.18. The molecule has 0 saturated carbocycles. The molecule has 2 rings (SSSR count). The molecule has 0 unspecified atom stereocenters. The van der Waals surface area contributed by atoms with Crippen molar-refractivity contribution in [2.24, 2.45) is 5.41 Å². The number of rotatable bonds is 4. The molecular formula is C14H22FN3O2S. The molecule has 1 aromatic carbocycles. The monoisotopic (exact) mass is 315 g/mol. The fraction of sp³-hybridized carbons (Fsp3) is 0.571. The first kappa shape index (κ1) is 16.2. The minimum atomic E-state index is -3.71. The third kappa shape index (κ3) is 3.93. The number of benzene rings is 1. The summed E-state index contributed by atoms with van der Waals surface area (Å²) in [5.41, 5.74) is 5.24. The molecule has 0 aliphatic carbocycles. The molecule has 1 aromatic rings. The van der Waals surface area contributed by atoms with Crippen LogP contribution >= 0.6 is 0 Å². The highest BCUT2D eigenvalue weighted by molar-refractivity contribution is 7.89. The lowest BCUT2D eigenvalue weighted by molar-refractivity contribution is 0.143. The molecular weight excluding hydrogens is 293 g/mol. The lowest BCUT2D eigenvalue weighted by atomic mass is 9.81. The van der Waals surface area contributed by atoms with Gasteiger partial charge < -0.3 is 10.6 Å². The number of piperidine rings is 1. The maximum absolute atomic E-state index is 13.4. The molecule has 0 atom stereocenters. The van der Waals surface area contributed by atoms with Gasteiger partial charge in [0.1, 0.15) is 5.82 Å². The number of hydrogen-bond acceptors (Lipinski definition) is 4. The molecule has 1 aliphatic heterocycles. The van der Waals surface area contributed by atoms with Crippen molar-refractivity contribution in [3.8, 4) is 0 Å². The Morgan fingerprint density at radius 3 is 2.57 bits per heavy atom. The van der Waals surface area contributed by atoms with Crippen LogP contribution in [0.15, 0.2) is 23.1 Å². The second-order valence-electron chi connectivity index (χ2n) is 6.12. The molecule has 1 fully saturated rings. The van der Waals surface area contributed by atoms with Crippen molar-refractivity contribution in [1.29, 1.82) is 0 Å². The number of sulfonamides is 1. The molecule has 0 bridgehead atoms. The van der Waals surface area contributed by atoms with E-state index in [2.05, 4.69) is 23.6 Å². The first-order chi connectivity index (χ1) is 9.72. The number of hydrogen-bond donors (Lipinski definition) is 2. The van der Waals surface area contributed by atoms with E-state index in [1.165, 1.54) is 12.1 Å². The van der Waals surface area contributed by atoms with E-state index in [9.17, 15) is 12.8 Å². The summed E-state index contributed by atoms with van der Waals surface area (Å²) in [6.07, 6.45) is 1.87. The molecule has 0 radical (unpaired) electrons. The van der Waals surface area contributed by atoms with Crippen LogP contribution in [0.1, 0.15) is 19.8 Å². The zero-order valence-corrected chi connectivity index (χ0v) is 13.2. The van der Waals surface area contributed by atoms with E-state index in [1.807, 2.05) is 0 Å². The summed E-state index contributed by atoms with van der Waals surface area (Å²) in [4.78, 5) is 2.14. The molecule has 0 spiro atoms. The molecule has 1 aliphatic rings. The standard InChI is InChI=1S/C14H22FN3O2S/c1-14(5-7-18(2)8-6-14)10-17-21(19,20)11-3-4-13(16)12(15)9-11/h3-4,9,17H,5-8,10,16H2,1-2H3. The zero-order valence-electron chi connectivity index (χ0n) is 12.4. The van der Waals surface area contributed by atoms with Gasteiger partial charge in [0.15, 0.2) is 0 Å². The van der Waals surface area contributed by atoms with Gasteiger partial charge in [0.05, 0.1) is 10.6 Å². The maximum atomic E-state index is 13.4. The van der Waals surface area contributed by atoms with Crippen LogP contribution in [0.25, 0.3) is 0 Å². The first-order valence-electron chi connectivity index (χ1n) is 6.95. The molecule has 21 heavy (non-hydrogen) atoms. The van der Waals surface area contributed by atoms with Crippen molar-refractivity contribution < 1.29 is 12.8 Å². The highest BCUT2D eigenvalue weighted by Crippen LogP contribution is 2.30. The van der Waals surface area contributed by atoms with Crippen LogP contribution in [-0.2, 0) is 10.0 Å². The summed E-state index contributed by atoms with van der Waals surface area (Å²) < 4.78 is 40.4. The molecule has 3 N–H and O–H groups in total. The highest BCUT2D eigenvalue weighted by atomic mass is 32.2. The number of halogens is 1. The van der Waals surface area contributed by atoms with Crippen molar-refractivity contribution in [1.82, 2.24) is 9.62 Å². The van der Waals surface area contributed by atoms with Crippen LogP contribution in [-0.4, -0.2) is 40.0 Å². The third-order valence-corrected chi connectivity index (χ3v) is 5.56. The molecule has 1 saturated heterocycles. The second-order valence-corrected chi connectivity index (χ2v) is 7.89. The van der Waals surface area contributed by atoms with E-state index >= 15 is 0 Å². The van der Waals surface area contributed by atoms with Gasteiger partial charge in [-0.1, -0.05) is 6.92 Å². The van der Waals surface area contributed by atoms with Gasteiger partial charge >= 0.3 is 0 Å². The van der Waals surface area contributed by atoms with Gasteiger partial charge in [0.2, 0.25) is 10.0 Å². The molecule has 7 heteroatoms. The minimum Gasteiger partial charge on any atom is -0.396 e. The van der Waals surface area contributed by atoms with Crippen molar-refractivity contribution in [2.75, 3.05) is 32.4 Å². The molecule has 5 nitrogen and oxygen atoms in total. The smallest absolute Gasteiger partial charge is 0.240 e. The van der Waals surface area contributed by atoms with Crippen molar-refractivity contribution in [3.63, 3.8) is 0 Å². The van der Waals surface area contributed by atoms with Crippen LogP contribution in [0.3, 0.4) is 0 Å². The third-order valence-electron chi connectivity index (χ3n) is 4.17. The summed E-state index contributed by atoms with van der Waals surface area (Å²) in [5, 5.41) is 0. The number of nitrogens with one attached hydrogen (secondary N) is 1. The Morgan fingerprint density at radius 2 is 2.00 bits per heavy atom. The molecule has 118 valence electrons. The summed E-state index contributed by atoms with van der Waals surface area (Å²) in [6, 6.07) is 3.54. The van der Waals surface area contributed by atoms with E-state index in [1.54, 1.807) is 0 Å². The number of nitrogen functional groups attached to an aromatic ring is 1. The predicted molar refractivity (Wildman–Crippen MR) is 80.8 cm³/mol. The summed E-state index contributed by atoms with van der Waals surface area (Å²) >= 11 is 0. The van der Waals surface area contributed by atoms with Crippen LogP contribution in [0, 0.1) is 11.2 Å². The molecule has 1 heterocycles. The van der Waals surface area contributed by atoms with Gasteiger partial charge in [0, 0.05) is 6.54 Å². The fourth-order valence-electron chi connectivity index (χ4n) is 2.36. The lowest BCUT2D eigenvalue weighted by Gasteiger charge is -2.37. The Balaban J connectivity index is 2.06. The van der Waals surface area contributed by atoms with Crippen molar-refractivity contribution in [2.45, 2.75) is 24.7 Å². The Bertz CT molecular complexity index is 611. The molecule has 0 amide bonds. The van der Waals surface area contributed by atoms with Crippen molar-refractivity contribution >= 4 is 15.7 Å². The van der Waals surface area contributed by atoms with E-state index < -0.39 is 15.8 Å².